The Kier molecular flexibility index (Phi) is 54.4. The number of phosphoric ester groups is 1. The monoisotopic (exact) mass is 1100 g/mol. The summed E-state index contributed by atoms with van der Waals surface area (Å²) in [4.78, 5) is 40.0. The maximum atomic E-state index is 13.5. The molecular formula is C67H121N2O7P. The number of carbonyl (C=O) groups excluding carboxylic acids is 2. The maximum absolute atomic E-state index is 13.5. The first kappa shape index (κ1) is 74.2. The van der Waals surface area contributed by atoms with Crippen LogP contribution in [-0.2, 0) is 27.9 Å². The van der Waals surface area contributed by atoms with Gasteiger partial charge in [-0.1, -0.05) is 247 Å². The SMILES string of the molecule is CC/C=C\C/C=C\C/C=C\C/C=C\C/C=C\CCCCCCCCCCCC(=O)OC(/C=C\CCCCCCCCCCCCC)C(COP(=O)([O-])OCC[N+](C)(C)C)NC(=O)CCCCC/C=C\CCCCCCCC. The lowest BCUT2D eigenvalue weighted by Crippen LogP contribution is -2.47. The van der Waals surface area contributed by atoms with E-state index in [0.717, 1.165) is 109 Å². The molecule has 0 aliphatic heterocycles. The first-order valence-corrected chi connectivity index (χ1v) is 33.4. The van der Waals surface area contributed by atoms with Crippen molar-refractivity contribution in [1.29, 1.82) is 0 Å². The van der Waals surface area contributed by atoms with Crippen molar-refractivity contribution >= 4 is 19.7 Å². The summed E-state index contributed by atoms with van der Waals surface area (Å²) in [5, 5.41) is 3.02. The minimum Gasteiger partial charge on any atom is -0.756 e. The number of ether oxygens (including phenoxy) is 1. The van der Waals surface area contributed by atoms with Gasteiger partial charge in [0.05, 0.1) is 33.8 Å². The molecule has 0 radical (unpaired) electrons. The van der Waals surface area contributed by atoms with E-state index in [2.05, 4.69) is 99.0 Å². The highest BCUT2D eigenvalue weighted by Crippen LogP contribution is 2.38. The van der Waals surface area contributed by atoms with Crippen molar-refractivity contribution < 1.29 is 37.3 Å². The Morgan fingerprint density at radius 1 is 0.468 bits per heavy atom. The highest BCUT2D eigenvalue weighted by molar-refractivity contribution is 7.45. The standard InChI is InChI=1S/C67H121N2O7P/c1-7-10-13-16-19-22-25-28-29-30-31-32-33-34-35-36-37-38-39-42-45-48-51-54-57-60-67(71)76-65(58-55-52-49-46-43-40-26-23-20-17-14-11-8-2)64(63-75-77(72,73)74-62-61-69(4,5)6)68-66(70)59-56-53-50-47-44-41-27-24-21-18-15-12-9-3/h10,13,19,22,28-29,31-32,34-35,41,44,55,58,64-65H,7-9,11-12,14-18,20-21,23-27,30,33,36-40,42-43,45-54,56-57,59-63H2,1-6H3,(H-,68,70,72,73)/b13-10-,22-19-,29-28-,32-31-,35-34-,44-41-,58-55-. The quantitative estimate of drug-likeness (QED) is 0.0212. The average molecular weight is 1100 g/mol. The molecule has 3 unspecified atom stereocenters. The number of hydrogen-bond donors (Lipinski definition) is 1. The Bertz CT molecular complexity index is 1590. The van der Waals surface area contributed by atoms with Gasteiger partial charge in [0.1, 0.15) is 19.3 Å². The van der Waals surface area contributed by atoms with Crippen LogP contribution in [0.3, 0.4) is 0 Å². The van der Waals surface area contributed by atoms with Gasteiger partial charge in [0.2, 0.25) is 5.91 Å². The van der Waals surface area contributed by atoms with E-state index < -0.39 is 26.6 Å². The van der Waals surface area contributed by atoms with Crippen molar-refractivity contribution in [2.45, 2.75) is 290 Å². The number of likely N-dealkylation sites (N-methyl/N-ethyl adjacent to an activating group) is 1. The fourth-order valence-electron chi connectivity index (χ4n) is 8.90. The number of carbonyl (C=O) groups is 2. The second kappa shape index (κ2) is 56.5. The van der Waals surface area contributed by atoms with E-state index in [1.807, 2.05) is 33.3 Å². The molecule has 0 aromatic rings. The van der Waals surface area contributed by atoms with Gasteiger partial charge in [-0.2, -0.15) is 0 Å². The molecule has 77 heavy (non-hydrogen) atoms. The summed E-state index contributed by atoms with van der Waals surface area (Å²) in [6.45, 7) is 6.71. The third-order valence-corrected chi connectivity index (χ3v) is 14.8. The van der Waals surface area contributed by atoms with E-state index in [9.17, 15) is 19.0 Å². The maximum Gasteiger partial charge on any atom is 0.306 e. The predicted molar refractivity (Wildman–Crippen MR) is 330 cm³/mol. The van der Waals surface area contributed by atoms with Crippen molar-refractivity contribution in [1.82, 2.24) is 5.32 Å². The van der Waals surface area contributed by atoms with E-state index in [1.54, 1.807) is 0 Å². The van der Waals surface area contributed by atoms with Gasteiger partial charge in [-0.3, -0.25) is 14.2 Å². The van der Waals surface area contributed by atoms with Crippen LogP contribution in [0.2, 0.25) is 0 Å². The van der Waals surface area contributed by atoms with Gasteiger partial charge in [-0.25, -0.2) is 0 Å². The molecule has 446 valence electrons. The number of esters is 1. The van der Waals surface area contributed by atoms with Crippen molar-refractivity contribution in [3.8, 4) is 0 Å². The number of unbranched alkanes of at least 4 members (excludes halogenated alkanes) is 29. The Balaban J connectivity index is 5.18. The van der Waals surface area contributed by atoms with Crippen LogP contribution in [0.1, 0.15) is 278 Å². The number of hydrogen-bond acceptors (Lipinski definition) is 7. The van der Waals surface area contributed by atoms with Gasteiger partial charge in [-0.15, -0.1) is 0 Å². The molecular weight excluding hydrogens is 976 g/mol. The molecule has 1 N–H and O–H groups in total. The van der Waals surface area contributed by atoms with E-state index in [4.69, 9.17) is 13.8 Å². The first-order valence-electron chi connectivity index (χ1n) is 31.9. The molecule has 3 atom stereocenters. The third-order valence-electron chi connectivity index (χ3n) is 13.8. The second-order valence-electron chi connectivity index (χ2n) is 22.5. The smallest absolute Gasteiger partial charge is 0.306 e. The van der Waals surface area contributed by atoms with E-state index in [-0.39, 0.29) is 24.9 Å². The number of quaternary nitrogens is 1. The van der Waals surface area contributed by atoms with E-state index in [1.165, 1.54) is 128 Å². The molecule has 0 fully saturated rings. The van der Waals surface area contributed by atoms with Crippen LogP contribution in [0, 0.1) is 0 Å². The summed E-state index contributed by atoms with van der Waals surface area (Å²) < 4.78 is 30.3. The van der Waals surface area contributed by atoms with Crippen LogP contribution >= 0.6 is 7.82 Å². The molecule has 0 saturated carbocycles. The zero-order chi connectivity index (χ0) is 56.4. The summed E-state index contributed by atoms with van der Waals surface area (Å²) in [6.07, 6.45) is 74.1. The molecule has 9 nitrogen and oxygen atoms in total. The van der Waals surface area contributed by atoms with Crippen molar-refractivity contribution in [3.63, 3.8) is 0 Å². The lowest BCUT2D eigenvalue weighted by atomic mass is 10.0. The minimum atomic E-state index is -4.71. The van der Waals surface area contributed by atoms with Crippen molar-refractivity contribution in [2.24, 2.45) is 0 Å². The number of allylic oxidation sites excluding steroid dienone is 13. The predicted octanol–water partition coefficient (Wildman–Crippen LogP) is 19.1. The van der Waals surface area contributed by atoms with Crippen LogP contribution in [0.4, 0.5) is 0 Å². The summed E-state index contributed by atoms with van der Waals surface area (Å²) in [5.74, 6) is -0.566. The van der Waals surface area contributed by atoms with Crippen molar-refractivity contribution in [3.05, 3.63) is 85.1 Å². The van der Waals surface area contributed by atoms with E-state index >= 15 is 0 Å². The molecule has 0 bridgehead atoms. The molecule has 0 heterocycles. The zero-order valence-corrected chi connectivity index (χ0v) is 51.8. The summed E-state index contributed by atoms with van der Waals surface area (Å²) in [5.41, 5.74) is 0. The first-order chi connectivity index (χ1) is 37.4. The summed E-state index contributed by atoms with van der Waals surface area (Å²) in [7, 11) is 1.17. The zero-order valence-electron chi connectivity index (χ0n) is 50.9. The molecule has 0 aromatic heterocycles. The molecule has 1 amide bonds. The number of phosphoric acid groups is 1. The number of nitrogens with zero attached hydrogens (tertiary/aromatic N) is 1. The van der Waals surface area contributed by atoms with Gasteiger partial charge in [0, 0.05) is 12.8 Å². The van der Waals surface area contributed by atoms with Crippen LogP contribution in [0.15, 0.2) is 85.1 Å². The molecule has 0 spiro atoms. The normalized spacial score (nSPS) is 14.2. The van der Waals surface area contributed by atoms with Gasteiger partial charge in [0.25, 0.3) is 7.82 Å². The van der Waals surface area contributed by atoms with Gasteiger partial charge in [-0.05, 0) is 102 Å². The van der Waals surface area contributed by atoms with Gasteiger partial charge < -0.3 is 28.5 Å². The Morgan fingerprint density at radius 3 is 1.27 bits per heavy atom. The molecule has 0 aromatic carbocycles. The Morgan fingerprint density at radius 2 is 0.831 bits per heavy atom. The fraction of sp³-hybridized carbons (Fsp3) is 0.761. The third kappa shape index (κ3) is 57.7. The van der Waals surface area contributed by atoms with Crippen LogP contribution in [0.25, 0.3) is 0 Å². The van der Waals surface area contributed by atoms with Crippen LogP contribution < -0.4 is 10.2 Å². The highest BCUT2D eigenvalue weighted by Gasteiger charge is 2.27. The average Bonchev–Trinajstić information content (AvgIpc) is 3.39. The molecule has 0 aliphatic carbocycles. The van der Waals surface area contributed by atoms with Crippen LogP contribution in [0.5, 0.6) is 0 Å². The van der Waals surface area contributed by atoms with Crippen LogP contribution in [-0.4, -0.2) is 69.4 Å². The topological polar surface area (TPSA) is 114 Å². The molecule has 10 heteroatoms. The van der Waals surface area contributed by atoms with Crippen molar-refractivity contribution in [2.75, 3.05) is 40.9 Å². The Labute approximate surface area is 476 Å². The highest BCUT2D eigenvalue weighted by atomic mass is 31.2. The lowest BCUT2D eigenvalue weighted by Gasteiger charge is -2.30. The van der Waals surface area contributed by atoms with E-state index in [0.29, 0.717) is 23.9 Å². The lowest BCUT2D eigenvalue weighted by molar-refractivity contribution is -0.870. The summed E-state index contributed by atoms with van der Waals surface area (Å²) in [6, 6.07) is -0.902. The molecule has 0 saturated heterocycles. The summed E-state index contributed by atoms with van der Waals surface area (Å²) >= 11 is 0. The second-order valence-corrected chi connectivity index (χ2v) is 23.9. The van der Waals surface area contributed by atoms with Gasteiger partial charge >= 0.3 is 5.97 Å². The van der Waals surface area contributed by atoms with Gasteiger partial charge in [0.15, 0.2) is 0 Å². The number of nitrogens with one attached hydrogen (secondary N) is 1. The largest absolute Gasteiger partial charge is 0.756 e. The fourth-order valence-corrected chi connectivity index (χ4v) is 9.62. The minimum absolute atomic E-state index is 0.0285. The number of rotatable bonds is 57. The Hall–Kier alpha value is -2.81. The molecule has 0 aliphatic rings. The molecule has 0 rings (SSSR count). The number of amides is 1.